The monoisotopic (exact) mass is 311 g/mol. The molecule has 0 spiro atoms. The highest BCUT2D eigenvalue weighted by Gasteiger charge is 2.04. The van der Waals surface area contributed by atoms with Crippen LogP contribution in [0.1, 0.15) is 16.1 Å². The lowest BCUT2D eigenvalue weighted by molar-refractivity contribution is 0.0691. The molecule has 0 saturated heterocycles. The quantitative estimate of drug-likeness (QED) is 0.771. The Morgan fingerprint density at radius 1 is 1.17 bits per heavy atom. The molecule has 0 aliphatic heterocycles. The third kappa shape index (κ3) is 4.24. The van der Waals surface area contributed by atoms with E-state index >= 15 is 0 Å². The summed E-state index contributed by atoms with van der Waals surface area (Å²) in [6, 6.07) is 14.5. The standard InChI is InChI=1S/C9H6N2O2.C8H11NO/c12-9(13)7-4-3-6-2-1-5-10-8(6)11-7;1-10-8-5-3-2-4-7(8)6-9/h1-5H,(H,12,13);2-5H,6,9H2,1H3. The van der Waals surface area contributed by atoms with Crippen LogP contribution in [-0.2, 0) is 6.54 Å². The number of hydrogen-bond donors (Lipinski definition) is 2. The van der Waals surface area contributed by atoms with Crippen LogP contribution in [-0.4, -0.2) is 28.2 Å². The SMILES string of the molecule is COc1ccccc1CN.O=C(O)c1ccc2cccnc2n1. The Bertz CT molecular complexity index is 783. The topological polar surface area (TPSA) is 98.3 Å². The van der Waals surface area contributed by atoms with Crippen LogP contribution in [0, 0.1) is 0 Å². The van der Waals surface area contributed by atoms with Gasteiger partial charge in [0.25, 0.3) is 0 Å². The van der Waals surface area contributed by atoms with Gasteiger partial charge in [0.15, 0.2) is 11.3 Å². The number of carboxylic acids is 1. The average Bonchev–Trinajstić information content (AvgIpc) is 2.61. The molecule has 6 nitrogen and oxygen atoms in total. The molecule has 0 aliphatic carbocycles. The highest BCUT2D eigenvalue weighted by Crippen LogP contribution is 2.15. The summed E-state index contributed by atoms with van der Waals surface area (Å²) in [5.74, 6) is -0.169. The average molecular weight is 311 g/mol. The van der Waals surface area contributed by atoms with Gasteiger partial charge in [-0.25, -0.2) is 14.8 Å². The Kier molecular flexibility index (Phi) is 5.60. The van der Waals surface area contributed by atoms with Crippen molar-refractivity contribution in [1.29, 1.82) is 0 Å². The highest BCUT2D eigenvalue weighted by molar-refractivity contribution is 5.88. The minimum atomic E-state index is -1.03. The third-order valence-corrected chi connectivity index (χ3v) is 3.10. The molecule has 0 radical (unpaired) electrons. The maximum atomic E-state index is 10.6. The number of fused-ring (bicyclic) bond motifs is 1. The van der Waals surface area contributed by atoms with E-state index in [1.165, 1.54) is 6.07 Å². The van der Waals surface area contributed by atoms with Gasteiger partial charge in [-0.15, -0.1) is 0 Å². The summed E-state index contributed by atoms with van der Waals surface area (Å²) in [4.78, 5) is 18.4. The third-order valence-electron chi connectivity index (χ3n) is 3.10. The van der Waals surface area contributed by atoms with Crippen LogP contribution >= 0.6 is 0 Å². The molecule has 23 heavy (non-hydrogen) atoms. The van der Waals surface area contributed by atoms with Gasteiger partial charge in [-0.1, -0.05) is 18.2 Å². The molecule has 3 rings (SSSR count). The Morgan fingerprint density at radius 3 is 2.61 bits per heavy atom. The van der Waals surface area contributed by atoms with Crippen LogP contribution in [0.5, 0.6) is 5.75 Å². The number of carboxylic acid groups (broad SMARTS) is 1. The molecule has 0 fully saturated rings. The van der Waals surface area contributed by atoms with E-state index in [0.717, 1.165) is 16.7 Å². The normalized spacial score (nSPS) is 9.83. The molecule has 0 amide bonds. The maximum absolute atomic E-state index is 10.6. The van der Waals surface area contributed by atoms with E-state index in [1.54, 1.807) is 25.4 Å². The molecule has 0 atom stereocenters. The zero-order valence-corrected chi connectivity index (χ0v) is 12.6. The number of aromatic nitrogens is 2. The number of aromatic carboxylic acids is 1. The van der Waals surface area contributed by atoms with Gasteiger partial charge in [0, 0.05) is 23.7 Å². The number of nitrogens with two attached hydrogens (primary N) is 1. The van der Waals surface area contributed by atoms with Crippen LogP contribution in [0.2, 0.25) is 0 Å². The summed E-state index contributed by atoms with van der Waals surface area (Å²) in [7, 11) is 1.65. The van der Waals surface area contributed by atoms with Crippen molar-refractivity contribution in [3.05, 3.63) is 66.0 Å². The van der Waals surface area contributed by atoms with Crippen molar-refractivity contribution in [2.45, 2.75) is 6.54 Å². The zero-order valence-electron chi connectivity index (χ0n) is 12.6. The van der Waals surface area contributed by atoms with E-state index < -0.39 is 5.97 Å². The lowest BCUT2D eigenvalue weighted by atomic mass is 10.2. The van der Waals surface area contributed by atoms with Crippen molar-refractivity contribution < 1.29 is 14.6 Å². The fraction of sp³-hybridized carbons (Fsp3) is 0.118. The molecule has 0 aliphatic rings. The number of methoxy groups -OCH3 is 1. The number of hydrogen-bond acceptors (Lipinski definition) is 5. The van der Waals surface area contributed by atoms with Crippen molar-refractivity contribution >= 4 is 17.0 Å². The summed E-state index contributed by atoms with van der Waals surface area (Å²) in [6.45, 7) is 0.532. The molecule has 6 heteroatoms. The first-order chi connectivity index (χ1) is 11.2. The second-order valence-corrected chi connectivity index (χ2v) is 4.57. The Morgan fingerprint density at radius 2 is 1.96 bits per heavy atom. The molecular weight excluding hydrogens is 294 g/mol. The van der Waals surface area contributed by atoms with Crippen molar-refractivity contribution in [2.75, 3.05) is 7.11 Å². The molecular formula is C17H17N3O3. The summed E-state index contributed by atoms with van der Waals surface area (Å²) in [5.41, 5.74) is 6.97. The van der Waals surface area contributed by atoms with Crippen molar-refractivity contribution in [3.8, 4) is 5.75 Å². The molecule has 3 aromatic rings. The van der Waals surface area contributed by atoms with Crippen LogP contribution < -0.4 is 10.5 Å². The lowest BCUT2D eigenvalue weighted by Gasteiger charge is -2.03. The van der Waals surface area contributed by atoms with E-state index in [2.05, 4.69) is 9.97 Å². The van der Waals surface area contributed by atoms with Crippen molar-refractivity contribution in [3.63, 3.8) is 0 Å². The van der Waals surface area contributed by atoms with Gasteiger partial charge in [-0.3, -0.25) is 0 Å². The first kappa shape index (κ1) is 16.4. The lowest BCUT2D eigenvalue weighted by Crippen LogP contribution is -2.00. The Balaban J connectivity index is 0.000000174. The zero-order chi connectivity index (χ0) is 16.7. The first-order valence-corrected chi connectivity index (χ1v) is 6.92. The largest absolute Gasteiger partial charge is 0.496 e. The van der Waals surface area contributed by atoms with Gasteiger partial charge in [0.05, 0.1) is 7.11 Å². The summed E-state index contributed by atoms with van der Waals surface area (Å²) in [5, 5.41) is 9.49. The number of rotatable bonds is 3. The van der Waals surface area contributed by atoms with Crippen LogP contribution in [0.15, 0.2) is 54.7 Å². The second-order valence-electron chi connectivity index (χ2n) is 4.57. The Labute approximate surface area is 133 Å². The number of benzene rings is 1. The number of nitrogens with zero attached hydrogens (tertiary/aromatic N) is 2. The number of pyridine rings is 2. The Hall–Kier alpha value is -2.99. The van der Waals surface area contributed by atoms with E-state index in [-0.39, 0.29) is 5.69 Å². The van der Waals surface area contributed by atoms with Gasteiger partial charge in [-0.05, 0) is 30.3 Å². The molecule has 1 aromatic carbocycles. The minimum Gasteiger partial charge on any atom is -0.496 e. The molecule has 0 unspecified atom stereocenters. The van der Waals surface area contributed by atoms with Gasteiger partial charge in [0.1, 0.15) is 5.75 Å². The number of ether oxygens (including phenoxy) is 1. The smallest absolute Gasteiger partial charge is 0.354 e. The predicted octanol–water partition coefficient (Wildman–Crippen LogP) is 2.48. The fourth-order valence-corrected chi connectivity index (χ4v) is 1.94. The van der Waals surface area contributed by atoms with Gasteiger partial charge in [-0.2, -0.15) is 0 Å². The predicted molar refractivity (Wildman–Crippen MR) is 87.4 cm³/mol. The van der Waals surface area contributed by atoms with Crippen LogP contribution in [0.4, 0.5) is 0 Å². The van der Waals surface area contributed by atoms with E-state index in [0.29, 0.717) is 12.2 Å². The van der Waals surface area contributed by atoms with E-state index in [4.69, 9.17) is 15.6 Å². The summed E-state index contributed by atoms with van der Waals surface area (Å²) < 4.78 is 5.06. The fourth-order valence-electron chi connectivity index (χ4n) is 1.94. The molecule has 0 bridgehead atoms. The molecule has 118 valence electrons. The molecule has 0 saturated carbocycles. The first-order valence-electron chi connectivity index (χ1n) is 6.92. The van der Waals surface area contributed by atoms with Crippen molar-refractivity contribution in [2.24, 2.45) is 5.73 Å². The molecule has 3 N–H and O–H groups in total. The van der Waals surface area contributed by atoms with Gasteiger partial charge in [0.2, 0.25) is 0 Å². The van der Waals surface area contributed by atoms with Crippen LogP contribution in [0.25, 0.3) is 11.0 Å². The van der Waals surface area contributed by atoms with Crippen molar-refractivity contribution in [1.82, 2.24) is 9.97 Å². The number of carbonyl (C=O) groups is 1. The molecule has 2 aromatic heterocycles. The highest BCUT2D eigenvalue weighted by atomic mass is 16.5. The van der Waals surface area contributed by atoms with Gasteiger partial charge < -0.3 is 15.6 Å². The van der Waals surface area contributed by atoms with E-state index in [1.807, 2.05) is 30.3 Å². The van der Waals surface area contributed by atoms with E-state index in [9.17, 15) is 4.79 Å². The maximum Gasteiger partial charge on any atom is 0.354 e. The van der Waals surface area contributed by atoms with Gasteiger partial charge >= 0.3 is 5.97 Å². The minimum absolute atomic E-state index is 0.0196. The summed E-state index contributed by atoms with van der Waals surface area (Å²) >= 11 is 0. The second kappa shape index (κ2) is 7.86. The van der Waals surface area contributed by atoms with Crippen LogP contribution in [0.3, 0.4) is 0 Å². The molecule has 2 heterocycles. The summed E-state index contributed by atoms with van der Waals surface area (Å²) in [6.07, 6.45) is 1.58. The number of para-hydroxylation sites is 1.